The highest BCUT2D eigenvalue weighted by Crippen LogP contribution is 2.31. The van der Waals surface area contributed by atoms with Crippen molar-refractivity contribution in [2.24, 2.45) is 0 Å². The molecule has 7 nitrogen and oxygen atoms in total. The van der Waals surface area contributed by atoms with Crippen molar-refractivity contribution in [1.82, 2.24) is 20.0 Å². The number of nitrogens with zero attached hydrogens (tertiary/aromatic N) is 3. The first-order valence-electron chi connectivity index (χ1n) is 12.4. The van der Waals surface area contributed by atoms with E-state index in [0.29, 0.717) is 30.2 Å². The molecule has 3 aromatic rings. The van der Waals surface area contributed by atoms with Crippen LogP contribution in [-0.4, -0.2) is 38.6 Å². The number of nitrogens with one attached hydrogen (secondary N) is 1. The van der Waals surface area contributed by atoms with Crippen LogP contribution >= 0.6 is 0 Å². The van der Waals surface area contributed by atoms with E-state index in [1.807, 2.05) is 38.1 Å². The molecule has 0 saturated carbocycles. The molecule has 1 aliphatic heterocycles. The van der Waals surface area contributed by atoms with Gasteiger partial charge in [-0.3, -0.25) is 14.3 Å². The summed E-state index contributed by atoms with van der Waals surface area (Å²) < 4.78 is 7.15. The normalized spacial score (nSPS) is 19.9. The summed E-state index contributed by atoms with van der Waals surface area (Å²) in [6.45, 7) is 5.08. The zero-order valence-electron chi connectivity index (χ0n) is 20.4. The predicted octanol–water partition coefficient (Wildman–Crippen LogP) is 4.87. The maximum absolute atomic E-state index is 13.7. The third-order valence-corrected chi connectivity index (χ3v) is 7.14. The van der Waals surface area contributed by atoms with E-state index in [-0.39, 0.29) is 18.4 Å². The van der Waals surface area contributed by atoms with E-state index in [2.05, 4.69) is 22.6 Å². The van der Waals surface area contributed by atoms with Gasteiger partial charge in [-0.2, -0.15) is 5.10 Å². The van der Waals surface area contributed by atoms with E-state index < -0.39 is 5.54 Å². The largest absolute Gasteiger partial charge is 0.463 e. The molecule has 0 fully saturated rings. The highest BCUT2D eigenvalue weighted by Gasteiger charge is 2.47. The van der Waals surface area contributed by atoms with Gasteiger partial charge in [-0.05, 0) is 63.6 Å². The molecule has 0 spiro atoms. The predicted molar refractivity (Wildman–Crippen MR) is 134 cm³/mol. The lowest BCUT2D eigenvalue weighted by atomic mass is 9.92. The van der Waals surface area contributed by atoms with Crippen LogP contribution < -0.4 is 5.32 Å². The SMILES string of the molecule is Cc1cccc(CNC(=O)[C@@]2(C)Cn3nc(-c4ccco4)cc3C(=O)N2CCC2=CCCCC2)c1. The van der Waals surface area contributed by atoms with Crippen molar-refractivity contribution < 1.29 is 14.0 Å². The topological polar surface area (TPSA) is 80.4 Å². The third-order valence-electron chi connectivity index (χ3n) is 7.14. The van der Waals surface area contributed by atoms with Crippen molar-refractivity contribution in [2.75, 3.05) is 6.54 Å². The van der Waals surface area contributed by atoms with Crippen molar-refractivity contribution in [3.8, 4) is 11.5 Å². The Hall–Kier alpha value is -3.61. The fourth-order valence-corrected chi connectivity index (χ4v) is 5.12. The number of fused-ring (bicyclic) bond motifs is 1. The molecule has 3 heterocycles. The molecule has 35 heavy (non-hydrogen) atoms. The number of aryl methyl sites for hydroxylation is 1. The van der Waals surface area contributed by atoms with Gasteiger partial charge >= 0.3 is 0 Å². The zero-order chi connectivity index (χ0) is 24.4. The van der Waals surface area contributed by atoms with Crippen LogP contribution in [0.25, 0.3) is 11.5 Å². The van der Waals surface area contributed by atoms with Gasteiger partial charge in [0.15, 0.2) is 5.76 Å². The van der Waals surface area contributed by atoms with Gasteiger partial charge in [0.25, 0.3) is 5.91 Å². The second-order valence-corrected chi connectivity index (χ2v) is 9.81. The van der Waals surface area contributed by atoms with Gasteiger partial charge in [-0.1, -0.05) is 41.5 Å². The minimum atomic E-state index is -1.06. The molecule has 2 amide bonds. The summed E-state index contributed by atoms with van der Waals surface area (Å²) in [4.78, 5) is 29.1. The van der Waals surface area contributed by atoms with Crippen LogP contribution in [0.15, 0.2) is 64.8 Å². The van der Waals surface area contributed by atoms with Crippen LogP contribution in [0.2, 0.25) is 0 Å². The second-order valence-electron chi connectivity index (χ2n) is 9.81. The first-order chi connectivity index (χ1) is 16.9. The molecular formula is C28H32N4O3. The monoisotopic (exact) mass is 472 g/mol. The van der Waals surface area contributed by atoms with Gasteiger partial charge in [0.2, 0.25) is 5.91 Å². The average Bonchev–Trinajstić information content (AvgIpc) is 3.53. The van der Waals surface area contributed by atoms with Gasteiger partial charge in [0.05, 0.1) is 12.8 Å². The maximum Gasteiger partial charge on any atom is 0.273 e. The molecule has 5 rings (SSSR count). The lowest BCUT2D eigenvalue weighted by Gasteiger charge is -2.43. The molecule has 2 aromatic heterocycles. The number of hydrogen-bond donors (Lipinski definition) is 1. The number of aromatic nitrogens is 2. The molecule has 7 heteroatoms. The summed E-state index contributed by atoms with van der Waals surface area (Å²) in [5.74, 6) is 0.251. The average molecular weight is 473 g/mol. The Morgan fingerprint density at radius 3 is 2.83 bits per heavy atom. The van der Waals surface area contributed by atoms with Gasteiger partial charge in [-0.15, -0.1) is 0 Å². The van der Waals surface area contributed by atoms with Gasteiger partial charge in [-0.25, -0.2) is 0 Å². The summed E-state index contributed by atoms with van der Waals surface area (Å²) in [6.07, 6.45) is 9.24. The Balaban J connectivity index is 1.42. The molecule has 2 aliphatic rings. The number of carbonyl (C=O) groups is 2. The van der Waals surface area contributed by atoms with E-state index in [1.165, 1.54) is 18.4 Å². The second kappa shape index (κ2) is 9.56. The molecule has 182 valence electrons. The quantitative estimate of drug-likeness (QED) is 0.498. The van der Waals surface area contributed by atoms with Crippen LogP contribution in [0.1, 0.15) is 60.6 Å². The maximum atomic E-state index is 13.7. The van der Waals surface area contributed by atoms with Crippen LogP contribution in [-0.2, 0) is 17.9 Å². The number of amides is 2. The standard InChI is InChI=1S/C28H32N4O3/c1-20-8-6-11-22(16-20)18-29-27(34)28(2)19-32-24(17-23(30-32)25-12-7-15-35-25)26(33)31(28)14-13-21-9-4-3-5-10-21/h6-9,11-12,15-17H,3-5,10,13-14,18-19H2,1-2H3,(H,29,34)/t28-/m1/s1. The number of carbonyl (C=O) groups excluding carboxylic acids is 2. The van der Waals surface area contributed by atoms with Crippen LogP contribution in [0, 0.1) is 6.92 Å². The molecule has 0 unspecified atom stereocenters. The van der Waals surface area contributed by atoms with E-state index in [1.54, 1.807) is 28.0 Å². The molecule has 0 saturated heterocycles. The Bertz CT molecular complexity index is 1260. The molecule has 1 aliphatic carbocycles. The van der Waals surface area contributed by atoms with Crippen LogP contribution in [0.5, 0.6) is 0 Å². The number of furan rings is 1. The first kappa shape index (κ1) is 23.1. The summed E-state index contributed by atoms with van der Waals surface area (Å²) in [5.41, 5.74) is 3.57. The number of benzene rings is 1. The van der Waals surface area contributed by atoms with Crippen molar-refractivity contribution >= 4 is 11.8 Å². The van der Waals surface area contributed by atoms with E-state index >= 15 is 0 Å². The van der Waals surface area contributed by atoms with E-state index in [0.717, 1.165) is 30.4 Å². The molecule has 1 N–H and O–H groups in total. The molecule has 0 bridgehead atoms. The minimum Gasteiger partial charge on any atom is -0.463 e. The fraction of sp³-hybridized carbons (Fsp3) is 0.393. The first-order valence-corrected chi connectivity index (χ1v) is 12.4. The molecule has 1 atom stereocenters. The van der Waals surface area contributed by atoms with Gasteiger partial charge in [0, 0.05) is 19.2 Å². The number of rotatable bonds is 7. The summed E-state index contributed by atoms with van der Waals surface area (Å²) in [7, 11) is 0. The van der Waals surface area contributed by atoms with Gasteiger partial charge in [0.1, 0.15) is 16.9 Å². The molecular weight excluding hydrogens is 440 g/mol. The lowest BCUT2D eigenvalue weighted by molar-refractivity contribution is -0.133. The molecule has 1 aromatic carbocycles. The highest BCUT2D eigenvalue weighted by molar-refractivity contribution is 6.00. The Morgan fingerprint density at radius 1 is 1.20 bits per heavy atom. The van der Waals surface area contributed by atoms with Crippen LogP contribution in [0.4, 0.5) is 0 Å². The van der Waals surface area contributed by atoms with Crippen molar-refractivity contribution in [3.63, 3.8) is 0 Å². The fourth-order valence-electron chi connectivity index (χ4n) is 5.12. The molecule has 0 radical (unpaired) electrons. The lowest BCUT2D eigenvalue weighted by Crippen LogP contribution is -2.64. The Kier molecular flexibility index (Phi) is 6.32. The third kappa shape index (κ3) is 4.67. The van der Waals surface area contributed by atoms with E-state index in [9.17, 15) is 9.59 Å². The van der Waals surface area contributed by atoms with Gasteiger partial charge < -0.3 is 14.6 Å². The summed E-state index contributed by atoms with van der Waals surface area (Å²) in [6, 6.07) is 13.4. The van der Waals surface area contributed by atoms with Crippen molar-refractivity contribution in [1.29, 1.82) is 0 Å². The zero-order valence-corrected chi connectivity index (χ0v) is 20.4. The van der Waals surface area contributed by atoms with Crippen molar-refractivity contribution in [3.05, 3.63) is 77.2 Å². The van der Waals surface area contributed by atoms with E-state index in [4.69, 9.17) is 4.42 Å². The smallest absolute Gasteiger partial charge is 0.273 e. The summed E-state index contributed by atoms with van der Waals surface area (Å²) in [5, 5.41) is 7.70. The Labute approximate surface area is 205 Å². The Morgan fingerprint density at radius 2 is 2.09 bits per heavy atom. The summed E-state index contributed by atoms with van der Waals surface area (Å²) >= 11 is 0. The van der Waals surface area contributed by atoms with Crippen LogP contribution in [0.3, 0.4) is 0 Å². The number of allylic oxidation sites excluding steroid dienone is 1. The highest BCUT2D eigenvalue weighted by atomic mass is 16.3. The minimum absolute atomic E-state index is 0.175. The number of hydrogen-bond acceptors (Lipinski definition) is 4. The van der Waals surface area contributed by atoms with Crippen molar-refractivity contribution in [2.45, 2.75) is 64.6 Å².